The molecule has 44 heavy (non-hydrogen) atoms. The second-order valence-corrected chi connectivity index (χ2v) is 11.1. The maximum absolute atomic E-state index is 13.5. The van der Waals surface area contributed by atoms with Crippen LogP contribution in [0.5, 0.6) is 0 Å². The zero-order chi connectivity index (χ0) is 30.7. The van der Waals surface area contributed by atoms with Gasteiger partial charge in [0, 0.05) is 6.42 Å². The molecule has 3 unspecified atom stereocenters. The number of aliphatic hydroxyl groups is 1. The van der Waals surface area contributed by atoms with Crippen LogP contribution in [0.1, 0.15) is 29.9 Å². The lowest BCUT2D eigenvalue weighted by Crippen LogP contribution is -2.50. The van der Waals surface area contributed by atoms with E-state index in [1.165, 1.54) is 0 Å². The van der Waals surface area contributed by atoms with Crippen molar-refractivity contribution in [1.82, 2.24) is 15.6 Å². The molecule has 2 heterocycles. The van der Waals surface area contributed by atoms with Crippen molar-refractivity contribution in [1.29, 1.82) is 0 Å². The Morgan fingerprint density at radius 3 is 2.32 bits per heavy atom. The third-order valence-corrected chi connectivity index (χ3v) is 7.67. The normalized spacial score (nSPS) is 20.2. The molecule has 2 amide bonds. The fraction of sp³-hybridized carbons (Fsp3) is 0.314. The van der Waals surface area contributed by atoms with Crippen LogP contribution in [0.2, 0.25) is 0 Å². The smallest absolute Gasteiger partial charge is 0.309 e. The number of rotatable bonds is 9. The van der Waals surface area contributed by atoms with Gasteiger partial charge in [0.05, 0.1) is 24.6 Å². The number of carbonyl (C=O) groups excluding carboxylic acids is 3. The molecule has 4 aromatic rings. The number of amides is 2. The number of ether oxygens (including phenoxy) is 1. The highest BCUT2D eigenvalue weighted by Gasteiger charge is 2.31. The molecule has 9 nitrogen and oxygen atoms in total. The molecule has 0 bridgehead atoms. The van der Waals surface area contributed by atoms with Gasteiger partial charge in [-0.1, -0.05) is 84.9 Å². The Labute approximate surface area is 256 Å². The fourth-order valence-corrected chi connectivity index (χ4v) is 5.32. The number of oxazole rings is 1. The molecule has 5 rings (SSSR count). The van der Waals surface area contributed by atoms with Gasteiger partial charge in [-0.25, -0.2) is 4.98 Å². The quantitative estimate of drug-likeness (QED) is 0.152. The van der Waals surface area contributed by atoms with Gasteiger partial charge in [-0.3, -0.25) is 14.4 Å². The van der Waals surface area contributed by atoms with E-state index in [1.807, 2.05) is 84.9 Å². The van der Waals surface area contributed by atoms with E-state index in [1.54, 1.807) is 12.2 Å². The predicted molar refractivity (Wildman–Crippen MR) is 165 cm³/mol. The highest BCUT2D eigenvalue weighted by Crippen LogP contribution is 2.21. The summed E-state index contributed by atoms with van der Waals surface area (Å²) in [5.74, 6) is -2.52. The minimum atomic E-state index is -1.04. The maximum Gasteiger partial charge on any atom is 0.309 e. The molecule has 1 aromatic heterocycles. The van der Waals surface area contributed by atoms with Gasteiger partial charge < -0.3 is 24.9 Å². The molecule has 0 spiro atoms. The van der Waals surface area contributed by atoms with E-state index in [4.69, 9.17) is 9.15 Å². The molecule has 0 saturated heterocycles. The van der Waals surface area contributed by atoms with E-state index < -0.39 is 41.7 Å². The first-order valence-electron chi connectivity index (χ1n) is 14.9. The summed E-state index contributed by atoms with van der Waals surface area (Å²) in [5.41, 5.74) is 3.28. The summed E-state index contributed by atoms with van der Waals surface area (Å²) in [6.07, 6.45) is 5.07. The highest BCUT2D eigenvalue weighted by atomic mass is 16.5. The van der Waals surface area contributed by atoms with Crippen molar-refractivity contribution in [2.45, 2.75) is 44.2 Å². The Balaban J connectivity index is 1.34. The van der Waals surface area contributed by atoms with Crippen LogP contribution in [-0.4, -0.2) is 53.2 Å². The average Bonchev–Trinajstić information content (AvgIpc) is 3.45. The minimum absolute atomic E-state index is 0.0607. The van der Waals surface area contributed by atoms with Crippen LogP contribution < -0.4 is 10.6 Å². The van der Waals surface area contributed by atoms with Crippen molar-refractivity contribution < 1.29 is 28.6 Å². The number of carbonyl (C=O) groups is 3. The molecule has 4 atom stereocenters. The summed E-state index contributed by atoms with van der Waals surface area (Å²) in [6.45, 7) is -0.330. The number of nitrogens with one attached hydrogen (secondary N) is 2. The molecule has 0 saturated carbocycles. The molecule has 0 radical (unpaired) electrons. The van der Waals surface area contributed by atoms with E-state index >= 15 is 0 Å². The summed E-state index contributed by atoms with van der Waals surface area (Å²) in [7, 11) is 0. The van der Waals surface area contributed by atoms with Gasteiger partial charge >= 0.3 is 5.97 Å². The molecule has 1 aliphatic rings. The first-order valence-corrected chi connectivity index (χ1v) is 14.9. The van der Waals surface area contributed by atoms with Crippen LogP contribution in [-0.2, 0) is 38.4 Å². The SMILES string of the molecule is O=C1OCC(Cc2ccccc2)NC(=O)C(C(=O)N[C@@H](CO)Cc2ccccc2)CC=CCC1Cc1nc2ccccc2o1. The van der Waals surface area contributed by atoms with Crippen molar-refractivity contribution in [2.75, 3.05) is 13.2 Å². The average molecular weight is 596 g/mol. The van der Waals surface area contributed by atoms with Crippen LogP contribution in [0.4, 0.5) is 0 Å². The van der Waals surface area contributed by atoms with Gasteiger partial charge in [-0.05, 0) is 48.9 Å². The number of esters is 1. The number of para-hydroxylation sites is 2. The second kappa shape index (κ2) is 15.1. The first kappa shape index (κ1) is 30.7. The number of hydrogen-bond acceptors (Lipinski definition) is 7. The molecule has 228 valence electrons. The highest BCUT2D eigenvalue weighted by molar-refractivity contribution is 6.00. The number of nitrogens with zero attached hydrogens (tertiary/aromatic N) is 1. The first-order chi connectivity index (χ1) is 21.5. The Morgan fingerprint density at radius 1 is 0.909 bits per heavy atom. The summed E-state index contributed by atoms with van der Waals surface area (Å²) >= 11 is 0. The van der Waals surface area contributed by atoms with Crippen molar-refractivity contribution in [3.8, 4) is 0 Å². The number of aliphatic hydroxyl groups excluding tert-OH is 1. The van der Waals surface area contributed by atoms with Gasteiger partial charge in [0.25, 0.3) is 0 Å². The zero-order valence-corrected chi connectivity index (χ0v) is 24.4. The van der Waals surface area contributed by atoms with E-state index in [9.17, 15) is 19.5 Å². The molecule has 9 heteroatoms. The Kier molecular flexibility index (Phi) is 10.5. The number of allylic oxidation sites excluding steroid dienone is 2. The number of hydrogen-bond donors (Lipinski definition) is 3. The van der Waals surface area contributed by atoms with Gasteiger partial charge in [-0.15, -0.1) is 0 Å². The van der Waals surface area contributed by atoms with E-state index in [2.05, 4.69) is 15.6 Å². The summed E-state index contributed by atoms with van der Waals surface area (Å²) in [5, 5.41) is 15.8. The number of benzene rings is 3. The van der Waals surface area contributed by atoms with Gasteiger partial charge in [0.2, 0.25) is 11.8 Å². The van der Waals surface area contributed by atoms with Crippen LogP contribution in [0, 0.1) is 11.8 Å². The van der Waals surface area contributed by atoms with Crippen LogP contribution >= 0.6 is 0 Å². The Hall–Kier alpha value is -4.76. The molecular weight excluding hydrogens is 558 g/mol. The molecule has 3 N–H and O–H groups in total. The largest absolute Gasteiger partial charge is 0.463 e. The van der Waals surface area contributed by atoms with Crippen molar-refractivity contribution in [3.05, 3.63) is 114 Å². The Bertz CT molecular complexity index is 1540. The third-order valence-electron chi connectivity index (χ3n) is 7.67. The van der Waals surface area contributed by atoms with E-state index in [0.717, 1.165) is 11.1 Å². The van der Waals surface area contributed by atoms with Gasteiger partial charge in [-0.2, -0.15) is 0 Å². The van der Waals surface area contributed by atoms with Crippen LogP contribution in [0.25, 0.3) is 11.1 Å². The fourth-order valence-electron chi connectivity index (χ4n) is 5.32. The molecule has 0 fully saturated rings. The van der Waals surface area contributed by atoms with Gasteiger partial charge in [0.15, 0.2) is 11.5 Å². The minimum Gasteiger partial charge on any atom is -0.463 e. The Morgan fingerprint density at radius 2 is 1.59 bits per heavy atom. The molecule has 1 aliphatic heterocycles. The topological polar surface area (TPSA) is 131 Å². The van der Waals surface area contributed by atoms with Crippen molar-refractivity contribution in [3.63, 3.8) is 0 Å². The number of aromatic nitrogens is 1. The van der Waals surface area contributed by atoms with Crippen molar-refractivity contribution >= 4 is 28.9 Å². The lowest BCUT2D eigenvalue weighted by molar-refractivity contribution is -0.150. The molecule has 0 aliphatic carbocycles. The lowest BCUT2D eigenvalue weighted by Gasteiger charge is -2.25. The third kappa shape index (κ3) is 8.41. The van der Waals surface area contributed by atoms with Gasteiger partial charge in [0.1, 0.15) is 18.0 Å². The molecule has 3 aromatic carbocycles. The standard InChI is InChI=1S/C35H37N3O6/c39-22-27(19-24-11-3-1-4-12-24)36-33(40)29-16-8-7-15-26(21-32-38-30-17-9-10-18-31(30)44-32)35(42)43-23-28(37-34(29)41)20-25-13-5-2-6-14-25/h1-14,17-18,26-29,39H,15-16,19-23H2,(H,36,40)(H,37,41)/t26?,27-,28?,29?/m1/s1. The number of cyclic esters (lactones) is 1. The summed E-state index contributed by atoms with van der Waals surface area (Å²) in [4.78, 5) is 44.8. The van der Waals surface area contributed by atoms with Crippen LogP contribution in [0.15, 0.2) is 101 Å². The van der Waals surface area contributed by atoms with E-state index in [-0.39, 0.29) is 26.1 Å². The monoisotopic (exact) mass is 595 g/mol. The maximum atomic E-state index is 13.5. The van der Waals surface area contributed by atoms with Crippen molar-refractivity contribution in [2.24, 2.45) is 11.8 Å². The summed E-state index contributed by atoms with van der Waals surface area (Å²) in [6, 6.07) is 25.4. The van der Waals surface area contributed by atoms with E-state index in [0.29, 0.717) is 36.3 Å². The lowest BCUT2D eigenvalue weighted by atomic mass is 9.97. The second-order valence-electron chi connectivity index (χ2n) is 11.1. The van der Waals surface area contributed by atoms with Crippen LogP contribution in [0.3, 0.4) is 0 Å². The molecular formula is C35H37N3O6. The number of fused-ring (bicyclic) bond motifs is 1. The summed E-state index contributed by atoms with van der Waals surface area (Å²) < 4.78 is 11.6. The predicted octanol–water partition coefficient (Wildman–Crippen LogP) is 3.94. The zero-order valence-electron chi connectivity index (χ0n) is 24.4.